The van der Waals surface area contributed by atoms with Gasteiger partial charge < -0.3 is 20.1 Å². The van der Waals surface area contributed by atoms with Gasteiger partial charge in [0.1, 0.15) is 0 Å². The normalized spacial score (nSPS) is 10.5. The van der Waals surface area contributed by atoms with Crippen molar-refractivity contribution >= 4 is 38.9 Å². The zero-order valence-corrected chi connectivity index (χ0v) is 17.3. The Balaban J connectivity index is 1.95. The zero-order valence-electron chi connectivity index (χ0n) is 14.9. The first-order chi connectivity index (χ1) is 11.9. The standard InChI is InChI=1S/C19H23BrN2O2S/c1-12(2)24-17-8-5-14(10-18(17)23-4)11-21-19(25)22-15-6-7-16(20)13(3)9-15/h5-10,12H,11H2,1-4H3,(H2,21,22,25). The zero-order chi connectivity index (χ0) is 18.4. The average molecular weight is 423 g/mol. The molecule has 0 fully saturated rings. The third-order valence-corrected chi connectivity index (χ3v) is 4.60. The van der Waals surface area contributed by atoms with Crippen LogP contribution >= 0.6 is 28.1 Å². The van der Waals surface area contributed by atoms with Gasteiger partial charge in [-0.2, -0.15) is 0 Å². The van der Waals surface area contributed by atoms with Gasteiger partial charge in [-0.05, 0) is 74.4 Å². The van der Waals surface area contributed by atoms with E-state index in [9.17, 15) is 0 Å². The van der Waals surface area contributed by atoms with Crippen LogP contribution in [0.5, 0.6) is 11.5 Å². The number of hydrogen-bond acceptors (Lipinski definition) is 3. The van der Waals surface area contributed by atoms with Gasteiger partial charge in [-0.1, -0.05) is 22.0 Å². The summed E-state index contributed by atoms with van der Waals surface area (Å²) in [5, 5.41) is 6.97. The second-order valence-electron chi connectivity index (χ2n) is 5.92. The smallest absolute Gasteiger partial charge is 0.171 e. The van der Waals surface area contributed by atoms with Crippen LogP contribution < -0.4 is 20.1 Å². The monoisotopic (exact) mass is 422 g/mol. The van der Waals surface area contributed by atoms with Crippen molar-refractivity contribution in [1.29, 1.82) is 0 Å². The lowest BCUT2D eigenvalue weighted by atomic mass is 10.2. The molecule has 0 radical (unpaired) electrons. The van der Waals surface area contributed by atoms with E-state index in [1.165, 1.54) is 0 Å². The van der Waals surface area contributed by atoms with Crippen LogP contribution in [0.3, 0.4) is 0 Å². The van der Waals surface area contributed by atoms with E-state index in [1.54, 1.807) is 7.11 Å². The van der Waals surface area contributed by atoms with Gasteiger partial charge >= 0.3 is 0 Å². The van der Waals surface area contributed by atoms with Crippen molar-refractivity contribution in [2.45, 2.75) is 33.4 Å². The lowest BCUT2D eigenvalue weighted by molar-refractivity contribution is 0.230. The first kappa shape index (κ1) is 19.5. The lowest BCUT2D eigenvalue weighted by Gasteiger charge is -2.15. The second kappa shape index (κ2) is 9.06. The molecular formula is C19H23BrN2O2S. The minimum Gasteiger partial charge on any atom is -0.493 e. The third-order valence-electron chi connectivity index (χ3n) is 3.46. The Bertz CT molecular complexity index is 750. The molecule has 0 heterocycles. The quantitative estimate of drug-likeness (QED) is 0.638. The molecule has 2 aromatic carbocycles. The molecule has 25 heavy (non-hydrogen) atoms. The molecule has 0 aliphatic carbocycles. The molecule has 134 valence electrons. The van der Waals surface area contributed by atoms with Gasteiger partial charge in [0.25, 0.3) is 0 Å². The molecule has 0 saturated heterocycles. The molecule has 0 saturated carbocycles. The van der Waals surface area contributed by atoms with E-state index in [-0.39, 0.29) is 6.10 Å². The molecule has 0 atom stereocenters. The number of nitrogens with one attached hydrogen (secondary N) is 2. The van der Waals surface area contributed by atoms with Gasteiger partial charge in [0.05, 0.1) is 13.2 Å². The minimum atomic E-state index is 0.101. The van der Waals surface area contributed by atoms with Gasteiger partial charge in [-0.25, -0.2) is 0 Å². The summed E-state index contributed by atoms with van der Waals surface area (Å²) in [7, 11) is 1.64. The summed E-state index contributed by atoms with van der Waals surface area (Å²) in [6, 6.07) is 11.9. The van der Waals surface area contributed by atoms with Gasteiger partial charge in [0, 0.05) is 16.7 Å². The van der Waals surface area contributed by atoms with Gasteiger partial charge in [0.15, 0.2) is 16.6 Å². The molecule has 0 aliphatic heterocycles. The number of anilines is 1. The van der Waals surface area contributed by atoms with Crippen LogP contribution in [0.25, 0.3) is 0 Å². The highest BCUT2D eigenvalue weighted by Gasteiger charge is 2.08. The summed E-state index contributed by atoms with van der Waals surface area (Å²) in [6.45, 7) is 6.62. The summed E-state index contributed by atoms with van der Waals surface area (Å²) >= 11 is 8.86. The van der Waals surface area contributed by atoms with E-state index >= 15 is 0 Å². The fourth-order valence-corrected chi connectivity index (χ4v) is 2.69. The van der Waals surface area contributed by atoms with Crippen molar-refractivity contribution in [3.63, 3.8) is 0 Å². The highest BCUT2D eigenvalue weighted by molar-refractivity contribution is 9.10. The maximum atomic E-state index is 5.73. The average Bonchev–Trinajstić information content (AvgIpc) is 2.57. The fourth-order valence-electron chi connectivity index (χ4n) is 2.25. The van der Waals surface area contributed by atoms with Crippen LogP contribution in [-0.2, 0) is 6.54 Å². The van der Waals surface area contributed by atoms with Crippen LogP contribution in [0.2, 0.25) is 0 Å². The maximum Gasteiger partial charge on any atom is 0.171 e. The van der Waals surface area contributed by atoms with Gasteiger partial charge in [0.2, 0.25) is 0 Å². The van der Waals surface area contributed by atoms with Crippen LogP contribution in [0, 0.1) is 6.92 Å². The largest absolute Gasteiger partial charge is 0.493 e. The summed E-state index contributed by atoms with van der Waals surface area (Å²) in [5.41, 5.74) is 3.17. The Morgan fingerprint density at radius 3 is 2.56 bits per heavy atom. The van der Waals surface area contributed by atoms with Crippen molar-refractivity contribution in [3.05, 3.63) is 52.0 Å². The number of methoxy groups -OCH3 is 1. The minimum absolute atomic E-state index is 0.101. The highest BCUT2D eigenvalue weighted by Crippen LogP contribution is 2.29. The first-order valence-corrected chi connectivity index (χ1v) is 9.23. The fraction of sp³-hybridized carbons (Fsp3) is 0.316. The number of benzene rings is 2. The molecule has 0 aliphatic rings. The molecule has 0 unspecified atom stereocenters. The summed E-state index contributed by atoms with van der Waals surface area (Å²) < 4.78 is 12.2. The van der Waals surface area contributed by atoms with E-state index in [4.69, 9.17) is 21.7 Å². The van der Waals surface area contributed by atoms with Crippen molar-refractivity contribution in [2.75, 3.05) is 12.4 Å². The van der Waals surface area contributed by atoms with E-state index < -0.39 is 0 Å². The van der Waals surface area contributed by atoms with Crippen LogP contribution in [0.1, 0.15) is 25.0 Å². The van der Waals surface area contributed by atoms with Gasteiger partial charge in [-0.3, -0.25) is 0 Å². The number of hydrogen-bond donors (Lipinski definition) is 2. The van der Waals surface area contributed by atoms with E-state index in [0.29, 0.717) is 11.7 Å². The molecule has 2 aromatic rings. The summed E-state index contributed by atoms with van der Waals surface area (Å²) in [5.74, 6) is 1.46. The second-order valence-corrected chi connectivity index (χ2v) is 7.19. The van der Waals surface area contributed by atoms with Crippen molar-refractivity contribution in [1.82, 2.24) is 5.32 Å². The number of thiocarbonyl (C=S) groups is 1. The Kier molecular flexibility index (Phi) is 7.08. The highest BCUT2D eigenvalue weighted by atomic mass is 79.9. The molecule has 2 rings (SSSR count). The van der Waals surface area contributed by atoms with E-state index in [2.05, 4.69) is 26.6 Å². The van der Waals surface area contributed by atoms with Crippen LogP contribution in [-0.4, -0.2) is 18.3 Å². The Hall–Kier alpha value is -1.79. The number of ether oxygens (including phenoxy) is 2. The van der Waals surface area contributed by atoms with E-state index in [0.717, 1.165) is 32.8 Å². The molecule has 0 aromatic heterocycles. The predicted molar refractivity (Wildman–Crippen MR) is 111 cm³/mol. The molecule has 0 spiro atoms. The Morgan fingerprint density at radius 2 is 1.92 bits per heavy atom. The number of rotatable bonds is 6. The van der Waals surface area contributed by atoms with E-state index in [1.807, 2.05) is 57.2 Å². The Morgan fingerprint density at radius 1 is 1.16 bits per heavy atom. The molecule has 2 N–H and O–H groups in total. The molecular weight excluding hydrogens is 400 g/mol. The lowest BCUT2D eigenvalue weighted by Crippen LogP contribution is -2.27. The molecule has 0 bridgehead atoms. The van der Waals surface area contributed by atoms with Crippen LogP contribution in [0.4, 0.5) is 5.69 Å². The molecule has 6 heteroatoms. The topological polar surface area (TPSA) is 42.5 Å². The van der Waals surface area contributed by atoms with Gasteiger partial charge in [-0.15, -0.1) is 0 Å². The number of aryl methyl sites for hydroxylation is 1. The molecule has 4 nitrogen and oxygen atoms in total. The SMILES string of the molecule is COc1cc(CNC(=S)Nc2ccc(Br)c(C)c2)ccc1OC(C)C. The third kappa shape index (κ3) is 5.90. The van der Waals surface area contributed by atoms with Crippen molar-refractivity contribution in [3.8, 4) is 11.5 Å². The predicted octanol–water partition coefficient (Wildman–Crippen LogP) is 5.04. The summed E-state index contributed by atoms with van der Waals surface area (Å²) in [6.07, 6.45) is 0.101. The molecule has 0 amide bonds. The van der Waals surface area contributed by atoms with Crippen LogP contribution in [0.15, 0.2) is 40.9 Å². The first-order valence-electron chi connectivity index (χ1n) is 8.03. The summed E-state index contributed by atoms with van der Waals surface area (Å²) in [4.78, 5) is 0. The number of halogens is 1. The van der Waals surface area contributed by atoms with Crippen molar-refractivity contribution in [2.24, 2.45) is 0 Å². The Labute approximate surface area is 163 Å². The maximum absolute atomic E-state index is 5.73. The van der Waals surface area contributed by atoms with Crippen molar-refractivity contribution < 1.29 is 9.47 Å².